The summed E-state index contributed by atoms with van der Waals surface area (Å²) < 4.78 is 18.2. The fourth-order valence-corrected chi connectivity index (χ4v) is 3.59. The van der Waals surface area contributed by atoms with E-state index in [1.807, 2.05) is 18.2 Å². The molecule has 1 atom stereocenters. The SMILES string of the molecule is Cc1ccc(F)cc1NC(=O)COC(=O)C[C@@H]1Sc2ccccc2NC1=O. The number of aryl methyl sites for hydroxylation is 1. The van der Waals surface area contributed by atoms with Crippen LogP contribution in [0.25, 0.3) is 0 Å². The summed E-state index contributed by atoms with van der Waals surface area (Å²) in [5.74, 6) is -2.00. The van der Waals surface area contributed by atoms with Crippen molar-refractivity contribution in [3.8, 4) is 0 Å². The van der Waals surface area contributed by atoms with Crippen LogP contribution in [-0.2, 0) is 19.1 Å². The summed E-state index contributed by atoms with van der Waals surface area (Å²) in [4.78, 5) is 36.9. The van der Waals surface area contributed by atoms with Gasteiger partial charge in [-0.25, -0.2) is 4.39 Å². The molecule has 0 radical (unpaired) electrons. The molecule has 1 aliphatic rings. The molecule has 0 saturated heterocycles. The Kier molecular flexibility index (Phi) is 5.75. The third kappa shape index (κ3) is 4.85. The van der Waals surface area contributed by atoms with Crippen LogP contribution in [0.3, 0.4) is 0 Å². The van der Waals surface area contributed by atoms with Gasteiger partial charge in [-0.3, -0.25) is 14.4 Å². The van der Waals surface area contributed by atoms with Crippen LogP contribution in [0, 0.1) is 12.7 Å². The van der Waals surface area contributed by atoms with Gasteiger partial charge in [0.1, 0.15) is 5.82 Å². The van der Waals surface area contributed by atoms with Crippen LogP contribution >= 0.6 is 11.8 Å². The second-order valence-electron chi connectivity index (χ2n) is 5.96. The molecular weight excluding hydrogens is 371 g/mol. The first kappa shape index (κ1) is 18.9. The van der Waals surface area contributed by atoms with Crippen molar-refractivity contribution in [2.75, 3.05) is 17.2 Å². The zero-order chi connectivity index (χ0) is 19.4. The third-order valence-corrected chi connectivity index (χ3v) is 5.17. The predicted octanol–water partition coefficient (Wildman–Crippen LogP) is 3.12. The maximum absolute atomic E-state index is 13.2. The standard InChI is InChI=1S/C19H17FN2O4S/c1-11-6-7-12(20)8-14(11)21-17(23)10-26-18(24)9-16-19(25)22-13-4-2-3-5-15(13)27-16/h2-8,16H,9-10H2,1H3,(H,21,23)(H,22,25)/t16-/m0/s1. The minimum Gasteiger partial charge on any atom is -0.456 e. The first-order chi connectivity index (χ1) is 12.9. The van der Waals surface area contributed by atoms with Crippen molar-refractivity contribution in [1.82, 2.24) is 0 Å². The zero-order valence-electron chi connectivity index (χ0n) is 14.5. The van der Waals surface area contributed by atoms with Gasteiger partial charge < -0.3 is 15.4 Å². The van der Waals surface area contributed by atoms with Crippen molar-refractivity contribution < 1.29 is 23.5 Å². The van der Waals surface area contributed by atoms with Gasteiger partial charge in [0, 0.05) is 10.6 Å². The van der Waals surface area contributed by atoms with Gasteiger partial charge in [0.05, 0.1) is 17.4 Å². The molecule has 6 nitrogen and oxygen atoms in total. The van der Waals surface area contributed by atoms with Crippen molar-refractivity contribution in [1.29, 1.82) is 0 Å². The van der Waals surface area contributed by atoms with Gasteiger partial charge in [0.2, 0.25) is 5.91 Å². The van der Waals surface area contributed by atoms with Gasteiger partial charge in [-0.1, -0.05) is 18.2 Å². The number of nitrogens with one attached hydrogen (secondary N) is 2. The highest BCUT2D eigenvalue weighted by Gasteiger charge is 2.29. The topological polar surface area (TPSA) is 84.5 Å². The minimum absolute atomic E-state index is 0.156. The Balaban J connectivity index is 1.50. The van der Waals surface area contributed by atoms with Crippen molar-refractivity contribution in [2.45, 2.75) is 23.5 Å². The molecule has 0 fully saturated rings. The molecule has 1 aliphatic heterocycles. The number of fused-ring (bicyclic) bond motifs is 1. The van der Waals surface area contributed by atoms with Crippen LogP contribution in [-0.4, -0.2) is 29.6 Å². The molecule has 0 spiro atoms. The molecule has 3 rings (SSSR count). The Bertz CT molecular complexity index is 903. The lowest BCUT2D eigenvalue weighted by molar-refractivity contribution is -0.147. The molecule has 2 N–H and O–H groups in total. The summed E-state index contributed by atoms with van der Waals surface area (Å²) >= 11 is 1.28. The molecule has 1 heterocycles. The maximum Gasteiger partial charge on any atom is 0.307 e. The van der Waals surface area contributed by atoms with Crippen molar-refractivity contribution in [3.63, 3.8) is 0 Å². The smallest absolute Gasteiger partial charge is 0.307 e. The molecule has 0 aromatic heterocycles. The molecule has 140 valence electrons. The molecular formula is C19H17FN2O4S. The lowest BCUT2D eigenvalue weighted by Crippen LogP contribution is -2.32. The van der Waals surface area contributed by atoms with E-state index in [2.05, 4.69) is 10.6 Å². The lowest BCUT2D eigenvalue weighted by Gasteiger charge is -2.23. The second-order valence-corrected chi connectivity index (χ2v) is 7.21. The largest absolute Gasteiger partial charge is 0.456 e. The summed E-state index contributed by atoms with van der Waals surface area (Å²) in [5.41, 5.74) is 1.71. The van der Waals surface area contributed by atoms with E-state index in [1.165, 1.54) is 30.0 Å². The molecule has 2 aromatic carbocycles. The van der Waals surface area contributed by atoms with Crippen LogP contribution in [0.15, 0.2) is 47.4 Å². The molecule has 0 saturated carbocycles. The summed E-state index contributed by atoms with van der Waals surface area (Å²) in [5, 5.41) is 4.61. The van der Waals surface area contributed by atoms with E-state index < -0.39 is 29.6 Å². The second kappa shape index (κ2) is 8.22. The number of esters is 1. The minimum atomic E-state index is -0.659. The predicted molar refractivity (Wildman–Crippen MR) is 100 cm³/mol. The number of rotatable bonds is 5. The van der Waals surface area contributed by atoms with Gasteiger partial charge in [-0.05, 0) is 36.8 Å². The van der Waals surface area contributed by atoms with Gasteiger partial charge in [0.15, 0.2) is 6.61 Å². The molecule has 27 heavy (non-hydrogen) atoms. The van der Waals surface area contributed by atoms with E-state index in [1.54, 1.807) is 13.0 Å². The molecule has 0 unspecified atom stereocenters. The monoisotopic (exact) mass is 388 g/mol. The third-order valence-electron chi connectivity index (χ3n) is 3.90. The van der Waals surface area contributed by atoms with E-state index in [-0.39, 0.29) is 12.3 Å². The summed E-state index contributed by atoms with van der Waals surface area (Å²) in [7, 11) is 0. The van der Waals surface area contributed by atoms with Crippen molar-refractivity contribution in [2.24, 2.45) is 0 Å². The van der Waals surface area contributed by atoms with Gasteiger partial charge in [0.25, 0.3) is 5.91 Å². The number of ether oxygens (including phenoxy) is 1. The number of thioether (sulfide) groups is 1. The Morgan fingerprint density at radius 3 is 2.85 bits per heavy atom. The number of benzene rings is 2. The van der Waals surface area contributed by atoms with Crippen LogP contribution in [0.4, 0.5) is 15.8 Å². The normalized spacial score (nSPS) is 15.5. The maximum atomic E-state index is 13.2. The van der Waals surface area contributed by atoms with Crippen LogP contribution in [0.5, 0.6) is 0 Å². The quantitative estimate of drug-likeness (QED) is 0.769. The van der Waals surface area contributed by atoms with Crippen molar-refractivity contribution in [3.05, 3.63) is 53.8 Å². The Morgan fingerprint density at radius 1 is 1.26 bits per heavy atom. The number of hydrogen-bond acceptors (Lipinski definition) is 5. The first-order valence-corrected chi connectivity index (χ1v) is 9.08. The highest BCUT2D eigenvalue weighted by Crippen LogP contribution is 2.36. The van der Waals surface area contributed by atoms with Crippen LogP contribution in [0.1, 0.15) is 12.0 Å². The summed E-state index contributed by atoms with van der Waals surface area (Å²) in [6, 6.07) is 11.3. The van der Waals surface area contributed by atoms with E-state index >= 15 is 0 Å². The Hall–Kier alpha value is -2.87. The van der Waals surface area contributed by atoms with E-state index in [0.29, 0.717) is 16.9 Å². The van der Waals surface area contributed by atoms with E-state index in [4.69, 9.17) is 4.74 Å². The van der Waals surface area contributed by atoms with Crippen LogP contribution < -0.4 is 10.6 Å². The van der Waals surface area contributed by atoms with E-state index in [0.717, 1.165) is 4.90 Å². The number of carbonyl (C=O) groups excluding carboxylic acids is 3. The zero-order valence-corrected chi connectivity index (χ0v) is 15.3. The fourth-order valence-electron chi connectivity index (χ4n) is 2.50. The number of halogens is 1. The van der Waals surface area contributed by atoms with Crippen molar-refractivity contribution >= 4 is 40.9 Å². The molecule has 8 heteroatoms. The Labute approximate surface area is 159 Å². The van der Waals surface area contributed by atoms with E-state index in [9.17, 15) is 18.8 Å². The summed E-state index contributed by atoms with van der Waals surface area (Å²) in [6.07, 6.45) is -0.156. The number of hydrogen-bond donors (Lipinski definition) is 2. The van der Waals surface area contributed by atoms with Crippen LogP contribution in [0.2, 0.25) is 0 Å². The number of para-hydroxylation sites is 1. The first-order valence-electron chi connectivity index (χ1n) is 8.20. The molecule has 0 aliphatic carbocycles. The molecule has 0 bridgehead atoms. The van der Waals surface area contributed by atoms with Gasteiger partial charge >= 0.3 is 5.97 Å². The summed E-state index contributed by atoms with van der Waals surface area (Å²) in [6.45, 7) is 1.21. The number of carbonyl (C=O) groups is 3. The highest BCUT2D eigenvalue weighted by atomic mass is 32.2. The Morgan fingerprint density at radius 2 is 2.04 bits per heavy atom. The fraction of sp³-hybridized carbons (Fsp3) is 0.211. The van der Waals surface area contributed by atoms with Gasteiger partial charge in [-0.15, -0.1) is 11.8 Å². The number of anilines is 2. The van der Waals surface area contributed by atoms with Gasteiger partial charge in [-0.2, -0.15) is 0 Å². The average Bonchev–Trinajstić information content (AvgIpc) is 2.64. The lowest BCUT2D eigenvalue weighted by atomic mass is 10.2. The molecule has 2 amide bonds. The number of amides is 2. The molecule has 2 aromatic rings. The highest BCUT2D eigenvalue weighted by molar-refractivity contribution is 8.01. The average molecular weight is 388 g/mol.